The highest BCUT2D eigenvalue weighted by Crippen LogP contribution is 2.41. The zero-order valence-corrected chi connectivity index (χ0v) is 23.7. The molecule has 2 aromatic carbocycles. The summed E-state index contributed by atoms with van der Waals surface area (Å²) < 4.78 is 13.2. The lowest BCUT2D eigenvalue weighted by molar-refractivity contribution is -0.119. The van der Waals surface area contributed by atoms with Crippen molar-refractivity contribution in [2.45, 2.75) is 68.6 Å². The zero-order chi connectivity index (χ0) is 25.9. The van der Waals surface area contributed by atoms with Crippen molar-refractivity contribution < 1.29 is 14.3 Å². The lowest BCUT2D eigenvalue weighted by Gasteiger charge is -2.16. The minimum Gasteiger partial charge on any atom is -0.497 e. The summed E-state index contributed by atoms with van der Waals surface area (Å²) in [6, 6.07) is 14.2. The van der Waals surface area contributed by atoms with Gasteiger partial charge < -0.3 is 14.8 Å². The molecule has 1 aliphatic rings. The number of aryl methyl sites for hydroxylation is 1. The topological polar surface area (TPSA) is 63.2 Å². The molecule has 1 amide bonds. The van der Waals surface area contributed by atoms with Crippen LogP contribution in [0.1, 0.15) is 63.1 Å². The van der Waals surface area contributed by atoms with Crippen molar-refractivity contribution in [2.24, 2.45) is 4.99 Å². The van der Waals surface area contributed by atoms with Crippen molar-refractivity contribution in [3.05, 3.63) is 53.6 Å². The number of aliphatic imine (C=N–C) groups is 1. The Hall–Kier alpha value is -2.16. The van der Waals surface area contributed by atoms with Crippen LogP contribution >= 0.6 is 23.7 Å². The Morgan fingerprint density at radius 1 is 1.11 bits per heavy atom. The SMILES string of the molecule is CCCCCCN(C)Sc1ccc(CCC(=O)NC2=NC(c3ccc(OC)cc3OC)C(C)S2)cc1. The van der Waals surface area contributed by atoms with Gasteiger partial charge in [-0.05, 0) is 61.7 Å². The van der Waals surface area contributed by atoms with Crippen LogP contribution < -0.4 is 14.8 Å². The van der Waals surface area contributed by atoms with Crippen LogP contribution in [0.4, 0.5) is 0 Å². The first kappa shape index (κ1) is 28.4. The fraction of sp³-hybridized carbons (Fsp3) is 0.500. The number of carbonyl (C=O) groups excluding carboxylic acids is 1. The maximum absolute atomic E-state index is 12.6. The molecule has 0 spiro atoms. The molecule has 0 fully saturated rings. The summed E-state index contributed by atoms with van der Waals surface area (Å²) in [5.41, 5.74) is 2.16. The third-order valence-electron chi connectivity index (χ3n) is 6.16. The van der Waals surface area contributed by atoms with Crippen LogP contribution in [0, 0.1) is 0 Å². The molecule has 2 aromatic rings. The Labute approximate surface area is 224 Å². The first-order chi connectivity index (χ1) is 17.4. The molecule has 0 saturated carbocycles. The van der Waals surface area contributed by atoms with E-state index >= 15 is 0 Å². The summed E-state index contributed by atoms with van der Waals surface area (Å²) in [7, 11) is 5.43. The predicted octanol–water partition coefficient (Wildman–Crippen LogP) is 6.50. The Kier molecular flexibility index (Phi) is 11.5. The van der Waals surface area contributed by atoms with Crippen LogP contribution in [-0.4, -0.2) is 48.4 Å². The third-order valence-corrected chi connectivity index (χ3v) is 8.19. The summed E-state index contributed by atoms with van der Waals surface area (Å²) >= 11 is 3.37. The van der Waals surface area contributed by atoms with E-state index in [0.717, 1.165) is 29.2 Å². The highest BCUT2D eigenvalue weighted by Gasteiger charge is 2.31. The lowest BCUT2D eigenvalue weighted by Crippen LogP contribution is -2.27. The van der Waals surface area contributed by atoms with Gasteiger partial charge in [0.2, 0.25) is 5.91 Å². The molecule has 3 rings (SSSR count). The highest BCUT2D eigenvalue weighted by atomic mass is 32.2. The van der Waals surface area contributed by atoms with Crippen LogP contribution in [0.5, 0.6) is 11.5 Å². The van der Waals surface area contributed by atoms with Crippen molar-refractivity contribution in [2.75, 3.05) is 27.8 Å². The Bertz CT molecular complexity index is 1010. The quantitative estimate of drug-likeness (QED) is 0.236. The van der Waals surface area contributed by atoms with Gasteiger partial charge in [0, 0.05) is 34.7 Å². The number of hydrogen-bond acceptors (Lipinski definition) is 7. The van der Waals surface area contributed by atoms with Crippen molar-refractivity contribution >= 4 is 34.8 Å². The van der Waals surface area contributed by atoms with Gasteiger partial charge in [0.15, 0.2) is 5.17 Å². The van der Waals surface area contributed by atoms with Gasteiger partial charge in [-0.25, -0.2) is 4.31 Å². The molecule has 8 heteroatoms. The number of benzene rings is 2. The number of nitrogens with zero attached hydrogens (tertiary/aromatic N) is 2. The number of nitrogens with one attached hydrogen (secondary N) is 1. The first-order valence-corrected chi connectivity index (χ1v) is 14.3. The third kappa shape index (κ3) is 8.46. The van der Waals surface area contributed by atoms with Gasteiger partial charge in [-0.15, -0.1) is 0 Å². The highest BCUT2D eigenvalue weighted by molar-refractivity contribution is 8.14. The summed E-state index contributed by atoms with van der Waals surface area (Å²) in [6.07, 6.45) is 6.23. The molecule has 2 unspecified atom stereocenters. The van der Waals surface area contributed by atoms with Crippen molar-refractivity contribution in [3.8, 4) is 11.5 Å². The second-order valence-corrected chi connectivity index (χ2v) is 11.6. The van der Waals surface area contributed by atoms with E-state index in [9.17, 15) is 4.79 Å². The number of hydrogen-bond donors (Lipinski definition) is 1. The van der Waals surface area contributed by atoms with E-state index in [1.807, 2.05) is 18.2 Å². The van der Waals surface area contributed by atoms with Crippen LogP contribution in [0.2, 0.25) is 0 Å². The molecular formula is C28H39N3O3S2. The number of ether oxygens (including phenoxy) is 2. The van der Waals surface area contributed by atoms with E-state index in [2.05, 4.69) is 54.8 Å². The number of amides is 1. The van der Waals surface area contributed by atoms with E-state index in [-0.39, 0.29) is 17.2 Å². The largest absolute Gasteiger partial charge is 0.497 e. The second kappa shape index (κ2) is 14.5. The average molecular weight is 530 g/mol. The number of amidine groups is 1. The molecule has 1 N–H and O–H groups in total. The number of rotatable bonds is 13. The Balaban J connectivity index is 1.48. The van der Waals surface area contributed by atoms with E-state index in [0.29, 0.717) is 18.0 Å². The molecule has 1 aliphatic heterocycles. The Morgan fingerprint density at radius 3 is 2.58 bits per heavy atom. The van der Waals surface area contributed by atoms with Gasteiger partial charge in [-0.3, -0.25) is 9.79 Å². The molecule has 0 aromatic heterocycles. The van der Waals surface area contributed by atoms with Crippen molar-refractivity contribution in [3.63, 3.8) is 0 Å². The van der Waals surface area contributed by atoms with Crippen LogP contribution in [0.15, 0.2) is 52.4 Å². The van der Waals surface area contributed by atoms with E-state index in [4.69, 9.17) is 14.5 Å². The fourth-order valence-corrected chi connectivity index (χ4v) is 5.97. The molecule has 0 saturated heterocycles. The van der Waals surface area contributed by atoms with E-state index in [1.54, 1.807) is 37.9 Å². The van der Waals surface area contributed by atoms with Gasteiger partial charge in [-0.1, -0.05) is 57.0 Å². The van der Waals surface area contributed by atoms with E-state index < -0.39 is 0 Å². The van der Waals surface area contributed by atoms with Gasteiger partial charge in [0.1, 0.15) is 11.5 Å². The minimum atomic E-state index is -0.0824. The van der Waals surface area contributed by atoms with Crippen LogP contribution in [-0.2, 0) is 11.2 Å². The van der Waals surface area contributed by atoms with Gasteiger partial charge in [-0.2, -0.15) is 0 Å². The standard InChI is InChI=1S/C28H39N3O3S2/c1-6-7-8-9-18-31(3)36-23-14-10-21(11-15-23)12-17-26(32)29-28-30-27(20(2)35-28)24-16-13-22(33-4)19-25(24)34-5/h10-11,13-16,19-20,27H,6-9,12,17-18H2,1-5H3,(H,29,30,32). The minimum absolute atomic E-state index is 0.0129. The molecule has 196 valence electrons. The lowest BCUT2D eigenvalue weighted by atomic mass is 10.0. The first-order valence-electron chi connectivity index (χ1n) is 12.7. The monoisotopic (exact) mass is 529 g/mol. The molecule has 0 bridgehead atoms. The zero-order valence-electron chi connectivity index (χ0n) is 22.1. The smallest absolute Gasteiger partial charge is 0.226 e. The number of thioether (sulfide) groups is 1. The maximum atomic E-state index is 12.6. The van der Waals surface area contributed by atoms with Crippen molar-refractivity contribution in [1.29, 1.82) is 0 Å². The average Bonchev–Trinajstić information content (AvgIpc) is 3.25. The summed E-state index contributed by atoms with van der Waals surface area (Å²) in [5, 5.41) is 3.87. The van der Waals surface area contributed by atoms with Gasteiger partial charge in [0.25, 0.3) is 0 Å². The van der Waals surface area contributed by atoms with Gasteiger partial charge in [0.05, 0.1) is 20.3 Å². The second-order valence-electron chi connectivity index (χ2n) is 9.01. The molecule has 0 radical (unpaired) electrons. The summed E-state index contributed by atoms with van der Waals surface area (Å²) in [6.45, 7) is 5.45. The number of unbranched alkanes of at least 4 members (excludes halogenated alkanes) is 3. The fourth-order valence-electron chi connectivity index (χ4n) is 4.09. The molecule has 0 aliphatic carbocycles. The molecular weight excluding hydrogens is 490 g/mol. The Morgan fingerprint density at radius 2 is 1.89 bits per heavy atom. The molecule has 6 nitrogen and oxygen atoms in total. The summed E-state index contributed by atoms with van der Waals surface area (Å²) in [4.78, 5) is 18.6. The van der Waals surface area contributed by atoms with Crippen LogP contribution in [0.25, 0.3) is 0 Å². The van der Waals surface area contributed by atoms with Crippen LogP contribution in [0.3, 0.4) is 0 Å². The molecule has 36 heavy (non-hydrogen) atoms. The molecule has 2 atom stereocenters. The summed E-state index contributed by atoms with van der Waals surface area (Å²) in [5.74, 6) is 1.47. The van der Waals surface area contributed by atoms with Gasteiger partial charge >= 0.3 is 0 Å². The van der Waals surface area contributed by atoms with Crippen molar-refractivity contribution in [1.82, 2.24) is 9.62 Å². The predicted molar refractivity (Wildman–Crippen MR) is 152 cm³/mol. The number of methoxy groups -OCH3 is 2. The van der Waals surface area contributed by atoms with E-state index in [1.165, 1.54) is 30.6 Å². The normalized spacial score (nSPS) is 17.2. The number of carbonyl (C=O) groups is 1. The maximum Gasteiger partial charge on any atom is 0.226 e. The molecule has 1 heterocycles.